The van der Waals surface area contributed by atoms with Gasteiger partial charge in [0.05, 0.1) is 5.56 Å². The molecule has 2 atom stereocenters. The third-order valence-electron chi connectivity index (χ3n) is 4.62. The van der Waals surface area contributed by atoms with E-state index < -0.39 is 0 Å². The van der Waals surface area contributed by atoms with Gasteiger partial charge in [-0.3, -0.25) is 4.79 Å². The Balaban J connectivity index is 1.79. The predicted molar refractivity (Wildman–Crippen MR) is 75.0 cm³/mol. The maximum Gasteiger partial charge on any atom is 0.272 e. The second-order valence-corrected chi connectivity index (χ2v) is 5.80. The number of fused-ring (bicyclic) bond motifs is 1. The van der Waals surface area contributed by atoms with E-state index in [1.165, 1.54) is 31.9 Å². The van der Waals surface area contributed by atoms with Gasteiger partial charge in [0.2, 0.25) is 0 Å². The van der Waals surface area contributed by atoms with E-state index >= 15 is 0 Å². The second-order valence-electron chi connectivity index (χ2n) is 5.80. The summed E-state index contributed by atoms with van der Waals surface area (Å²) in [5.74, 6) is 0.714. The van der Waals surface area contributed by atoms with Crippen LogP contribution in [0.15, 0.2) is 18.3 Å². The molecule has 3 rings (SSSR count). The van der Waals surface area contributed by atoms with Gasteiger partial charge in [-0.25, -0.2) is 4.98 Å². The van der Waals surface area contributed by atoms with Gasteiger partial charge in [0.1, 0.15) is 11.8 Å². The van der Waals surface area contributed by atoms with Gasteiger partial charge < -0.3 is 4.90 Å². The SMILES string of the molecule is N#Cc1ccc(C(=O)N2CCC[C@H]3CCCC[C@H]32)nc1. The molecule has 0 bridgehead atoms. The van der Waals surface area contributed by atoms with Gasteiger partial charge in [-0.15, -0.1) is 0 Å². The number of piperidine rings is 1. The summed E-state index contributed by atoms with van der Waals surface area (Å²) in [6, 6.07) is 5.78. The van der Waals surface area contributed by atoms with Crippen molar-refractivity contribution in [2.24, 2.45) is 5.92 Å². The average Bonchev–Trinajstić information content (AvgIpc) is 2.54. The topological polar surface area (TPSA) is 57.0 Å². The highest BCUT2D eigenvalue weighted by Crippen LogP contribution is 2.35. The zero-order valence-electron chi connectivity index (χ0n) is 11.6. The number of amides is 1. The molecule has 1 aromatic heterocycles. The van der Waals surface area contributed by atoms with Crippen LogP contribution in [0, 0.1) is 17.2 Å². The number of aromatic nitrogens is 1. The monoisotopic (exact) mass is 269 g/mol. The van der Waals surface area contributed by atoms with Crippen molar-refractivity contribution in [1.29, 1.82) is 5.26 Å². The van der Waals surface area contributed by atoms with Crippen molar-refractivity contribution in [1.82, 2.24) is 9.88 Å². The third kappa shape index (κ3) is 2.40. The van der Waals surface area contributed by atoms with Gasteiger partial charge in [-0.05, 0) is 43.7 Å². The van der Waals surface area contributed by atoms with Crippen molar-refractivity contribution >= 4 is 5.91 Å². The fourth-order valence-electron chi connectivity index (χ4n) is 3.61. The minimum Gasteiger partial charge on any atom is -0.334 e. The van der Waals surface area contributed by atoms with Crippen LogP contribution in [0.4, 0.5) is 0 Å². The Morgan fingerprint density at radius 3 is 2.80 bits per heavy atom. The molecule has 2 fully saturated rings. The van der Waals surface area contributed by atoms with Crippen LogP contribution in [-0.4, -0.2) is 28.4 Å². The Morgan fingerprint density at radius 1 is 1.25 bits per heavy atom. The Morgan fingerprint density at radius 2 is 2.05 bits per heavy atom. The van der Waals surface area contributed by atoms with Crippen LogP contribution in [0.3, 0.4) is 0 Å². The summed E-state index contributed by atoms with van der Waals surface area (Å²) in [6.07, 6.45) is 8.76. The van der Waals surface area contributed by atoms with Gasteiger partial charge in [0.15, 0.2) is 0 Å². The Bertz CT molecular complexity index is 530. The number of pyridine rings is 1. The molecule has 1 amide bonds. The van der Waals surface area contributed by atoms with E-state index in [0.717, 1.165) is 19.4 Å². The largest absolute Gasteiger partial charge is 0.334 e. The van der Waals surface area contributed by atoms with Crippen LogP contribution in [-0.2, 0) is 0 Å². The molecule has 1 saturated heterocycles. The van der Waals surface area contributed by atoms with Crippen molar-refractivity contribution in [2.45, 2.75) is 44.6 Å². The summed E-state index contributed by atoms with van der Waals surface area (Å²) < 4.78 is 0. The number of hydrogen-bond donors (Lipinski definition) is 0. The summed E-state index contributed by atoms with van der Waals surface area (Å²) >= 11 is 0. The van der Waals surface area contributed by atoms with E-state index in [0.29, 0.717) is 23.2 Å². The first-order valence-corrected chi connectivity index (χ1v) is 7.47. The number of rotatable bonds is 1. The minimum absolute atomic E-state index is 0.0334. The fourth-order valence-corrected chi connectivity index (χ4v) is 3.61. The highest BCUT2D eigenvalue weighted by molar-refractivity contribution is 5.92. The molecular formula is C16H19N3O. The fraction of sp³-hybridized carbons (Fsp3) is 0.562. The lowest BCUT2D eigenvalue weighted by Crippen LogP contribution is -2.49. The van der Waals surface area contributed by atoms with Crippen LogP contribution < -0.4 is 0 Å². The average molecular weight is 269 g/mol. The maximum absolute atomic E-state index is 12.6. The molecule has 1 aliphatic carbocycles. The van der Waals surface area contributed by atoms with Gasteiger partial charge >= 0.3 is 0 Å². The Kier molecular flexibility index (Phi) is 3.68. The van der Waals surface area contributed by atoms with Crippen molar-refractivity contribution in [3.8, 4) is 6.07 Å². The van der Waals surface area contributed by atoms with Crippen molar-refractivity contribution in [3.63, 3.8) is 0 Å². The van der Waals surface area contributed by atoms with Crippen LogP contribution >= 0.6 is 0 Å². The summed E-state index contributed by atoms with van der Waals surface area (Å²) in [5.41, 5.74) is 0.964. The van der Waals surface area contributed by atoms with E-state index in [9.17, 15) is 4.79 Å². The molecule has 1 aliphatic heterocycles. The number of likely N-dealkylation sites (tertiary alicyclic amines) is 1. The van der Waals surface area contributed by atoms with E-state index in [1.54, 1.807) is 12.1 Å². The van der Waals surface area contributed by atoms with Gasteiger partial charge in [0, 0.05) is 18.8 Å². The molecule has 20 heavy (non-hydrogen) atoms. The molecule has 1 aromatic rings. The highest BCUT2D eigenvalue weighted by atomic mass is 16.2. The maximum atomic E-state index is 12.6. The quantitative estimate of drug-likeness (QED) is 0.787. The first-order valence-electron chi connectivity index (χ1n) is 7.47. The third-order valence-corrected chi connectivity index (χ3v) is 4.62. The molecular weight excluding hydrogens is 250 g/mol. The van der Waals surface area contributed by atoms with Crippen molar-refractivity contribution in [2.75, 3.05) is 6.54 Å². The molecule has 2 heterocycles. The molecule has 2 aliphatic rings. The predicted octanol–water partition coefficient (Wildman–Crippen LogP) is 2.75. The van der Waals surface area contributed by atoms with E-state index in [-0.39, 0.29) is 5.91 Å². The molecule has 104 valence electrons. The normalized spacial score (nSPS) is 25.6. The van der Waals surface area contributed by atoms with Crippen LogP contribution in [0.2, 0.25) is 0 Å². The lowest BCUT2D eigenvalue weighted by molar-refractivity contribution is 0.0385. The number of carbonyl (C=O) groups excluding carboxylic acids is 1. The molecule has 0 N–H and O–H groups in total. The summed E-state index contributed by atoms with van der Waals surface area (Å²) in [6.45, 7) is 0.849. The molecule has 4 nitrogen and oxygen atoms in total. The summed E-state index contributed by atoms with van der Waals surface area (Å²) in [5, 5.41) is 8.78. The van der Waals surface area contributed by atoms with Gasteiger partial charge in [-0.1, -0.05) is 12.8 Å². The molecule has 4 heteroatoms. The smallest absolute Gasteiger partial charge is 0.272 e. The van der Waals surface area contributed by atoms with Crippen molar-refractivity contribution < 1.29 is 4.79 Å². The zero-order chi connectivity index (χ0) is 13.9. The van der Waals surface area contributed by atoms with Gasteiger partial charge in [-0.2, -0.15) is 5.26 Å². The van der Waals surface area contributed by atoms with E-state index in [4.69, 9.17) is 5.26 Å². The Hall–Kier alpha value is -1.89. The highest BCUT2D eigenvalue weighted by Gasteiger charge is 2.36. The number of nitrogens with zero attached hydrogens (tertiary/aromatic N) is 3. The lowest BCUT2D eigenvalue weighted by atomic mass is 9.78. The first-order chi connectivity index (χ1) is 9.79. The Labute approximate surface area is 119 Å². The minimum atomic E-state index is 0.0334. The summed E-state index contributed by atoms with van der Waals surface area (Å²) in [4.78, 5) is 18.8. The number of hydrogen-bond acceptors (Lipinski definition) is 3. The van der Waals surface area contributed by atoms with Crippen LogP contribution in [0.1, 0.15) is 54.6 Å². The van der Waals surface area contributed by atoms with E-state index in [2.05, 4.69) is 4.98 Å². The number of carbonyl (C=O) groups is 1. The van der Waals surface area contributed by atoms with Crippen LogP contribution in [0.25, 0.3) is 0 Å². The standard InChI is InChI=1S/C16H19N3O/c17-10-12-7-8-14(18-11-12)16(20)19-9-3-5-13-4-1-2-6-15(13)19/h7-8,11,13,15H,1-6,9H2/t13-,15-/m1/s1. The molecule has 0 unspecified atom stereocenters. The van der Waals surface area contributed by atoms with Crippen LogP contribution in [0.5, 0.6) is 0 Å². The summed E-state index contributed by atoms with van der Waals surface area (Å²) in [7, 11) is 0. The van der Waals surface area contributed by atoms with Gasteiger partial charge in [0.25, 0.3) is 5.91 Å². The number of nitriles is 1. The van der Waals surface area contributed by atoms with Crippen molar-refractivity contribution in [3.05, 3.63) is 29.6 Å². The molecule has 1 saturated carbocycles. The van der Waals surface area contributed by atoms with E-state index in [1.807, 2.05) is 11.0 Å². The zero-order valence-corrected chi connectivity index (χ0v) is 11.6. The second kappa shape index (κ2) is 5.62. The lowest BCUT2D eigenvalue weighted by Gasteiger charge is -2.44. The molecule has 0 aromatic carbocycles. The molecule has 0 spiro atoms. The molecule has 0 radical (unpaired) electrons. The first kappa shape index (κ1) is 13.1.